The molecule has 1 atom stereocenters. The van der Waals surface area contributed by atoms with E-state index in [0.717, 1.165) is 17.7 Å². The van der Waals surface area contributed by atoms with E-state index < -0.39 is 11.2 Å². The van der Waals surface area contributed by atoms with Gasteiger partial charge in [0.2, 0.25) is 0 Å². The SMILES string of the molecule is CCCc1sccc1[S@@+](C)[O-]. The molecule has 1 heterocycles. The molecule has 0 saturated carbocycles. The van der Waals surface area contributed by atoms with Crippen LogP contribution >= 0.6 is 11.3 Å². The van der Waals surface area contributed by atoms with Crippen LogP contribution in [0.1, 0.15) is 18.2 Å². The maximum atomic E-state index is 11.1. The summed E-state index contributed by atoms with van der Waals surface area (Å²) in [5.74, 6) is 0. The Labute approximate surface area is 74.6 Å². The molecule has 1 rings (SSSR count). The first-order valence-electron chi connectivity index (χ1n) is 3.65. The highest BCUT2D eigenvalue weighted by molar-refractivity contribution is 7.90. The lowest BCUT2D eigenvalue weighted by molar-refractivity contribution is 0.600. The van der Waals surface area contributed by atoms with Crippen LogP contribution in [0.4, 0.5) is 0 Å². The van der Waals surface area contributed by atoms with Crippen LogP contribution < -0.4 is 0 Å². The third kappa shape index (κ3) is 2.22. The van der Waals surface area contributed by atoms with Gasteiger partial charge in [0.05, 0.1) is 4.88 Å². The summed E-state index contributed by atoms with van der Waals surface area (Å²) in [5.41, 5.74) is 0. The summed E-state index contributed by atoms with van der Waals surface area (Å²) in [6, 6.07) is 1.96. The minimum absolute atomic E-state index is 0.800. The molecule has 0 bridgehead atoms. The smallest absolute Gasteiger partial charge is 0.166 e. The second-order valence-electron chi connectivity index (χ2n) is 2.41. The van der Waals surface area contributed by atoms with Gasteiger partial charge in [-0.2, -0.15) is 0 Å². The summed E-state index contributed by atoms with van der Waals surface area (Å²) >= 11 is 0.909. The summed E-state index contributed by atoms with van der Waals surface area (Å²) < 4.78 is 11.1. The molecule has 1 nitrogen and oxygen atoms in total. The molecule has 0 radical (unpaired) electrons. The zero-order valence-electron chi connectivity index (χ0n) is 6.79. The van der Waals surface area contributed by atoms with E-state index in [1.54, 1.807) is 17.6 Å². The molecule has 11 heavy (non-hydrogen) atoms. The predicted molar refractivity (Wildman–Crippen MR) is 50.6 cm³/mol. The standard InChI is InChI=1S/C8H12OS2/c1-3-4-7-8(11(2)9)5-6-10-7/h5-6H,3-4H2,1-2H3/t11-/m1/s1. The first kappa shape index (κ1) is 9.10. The van der Waals surface area contributed by atoms with Crippen molar-refractivity contribution in [3.8, 4) is 0 Å². The van der Waals surface area contributed by atoms with Gasteiger partial charge in [0.15, 0.2) is 4.90 Å². The van der Waals surface area contributed by atoms with Crippen molar-refractivity contribution in [3.63, 3.8) is 0 Å². The van der Waals surface area contributed by atoms with Gasteiger partial charge >= 0.3 is 0 Å². The van der Waals surface area contributed by atoms with Crippen molar-refractivity contribution < 1.29 is 4.55 Å². The van der Waals surface area contributed by atoms with E-state index in [1.807, 2.05) is 11.4 Å². The van der Waals surface area contributed by atoms with Crippen LogP contribution in [0.2, 0.25) is 0 Å². The second kappa shape index (κ2) is 4.14. The fourth-order valence-corrected chi connectivity index (χ4v) is 3.13. The van der Waals surface area contributed by atoms with Crippen LogP contribution in [0, 0.1) is 0 Å². The van der Waals surface area contributed by atoms with E-state index in [4.69, 9.17) is 0 Å². The summed E-state index contributed by atoms with van der Waals surface area (Å²) in [6.07, 6.45) is 3.93. The Kier molecular flexibility index (Phi) is 3.43. The van der Waals surface area contributed by atoms with Gasteiger partial charge in [-0.05, 0) is 23.0 Å². The van der Waals surface area contributed by atoms with Crippen molar-refractivity contribution in [3.05, 3.63) is 16.3 Å². The molecule has 0 aliphatic heterocycles. The average molecular weight is 188 g/mol. The highest BCUT2D eigenvalue weighted by Gasteiger charge is 2.11. The summed E-state index contributed by atoms with van der Waals surface area (Å²) in [5, 5.41) is 2.02. The van der Waals surface area contributed by atoms with Crippen LogP contribution in [-0.2, 0) is 17.6 Å². The third-order valence-corrected chi connectivity index (χ3v) is 3.60. The van der Waals surface area contributed by atoms with Crippen molar-refractivity contribution >= 4 is 22.5 Å². The summed E-state index contributed by atoms with van der Waals surface area (Å²) in [4.78, 5) is 2.31. The monoisotopic (exact) mass is 188 g/mol. The van der Waals surface area contributed by atoms with Crippen molar-refractivity contribution in [1.29, 1.82) is 0 Å². The Balaban J connectivity index is 2.78. The van der Waals surface area contributed by atoms with Crippen LogP contribution in [0.25, 0.3) is 0 Å². The van der Waals surface area contributed by atoms with Gasteiger partial charge in [0.1, 0.15) is 6.26 Å². The number of hydrogen-bond donors (Lipinski definition) is 0. The molecular formula is C8H12OS2. The lowest BCUT2D eigenvalue weighted by Crippen LogP contribution is -1.98. The van der Waals surface area contributed by atoms with Gasteiger partial charge in [0, 0.05) is 6.07 Å². The molecule has 0 N–H and O–H groups in total. The number of thiophene rings is 1. The molecule has 62 valence electrons. The minimum Gasteiger partial charge on any atom is -0.612 e. The number of hydrogen-bond acceptors (Lipinski definition) is 2. The Bertz CT molecular complexity index is 218. The van der Waals surface area contributed by atoms with Gasteiger partial charge in [-0.15, -0.1) is 11.3 Å². The van der Waals surface area contributed by atoms with Crippen molar-refractivity contribution in [1.82, 2.24) is 0 Å². The van der Waals surface area contributed by atoms with Crippen molar-refractivity contribution in [2.45, 2.75) is 24.7 Å². The molecule has 3 heteroatoms. The lowest BCUT2D eigenvalue weighted by Gasteiger charge is -2.03. The number of rotatable bonds is 3. The maximum absolute atomic E-state index is 11.1. The Hall–Kier alpha value is 0.01000. The molecule has 1 aromatic heterocycles. The minimum atomic E-state index is -0.800. The van der Waals surface area contributed by atoms with Crippen LogP contribution in [0.3, 0.4) is 0 Å². The van der Waals surface area contributed by atoms with E-state index in [-0.39, 0.29) is 0 Å². The zero-order chi connectivity index (χ0) is 8.27. The molecule has 0 aliphatic rings. The van der Waals surface area contributed by atoms with Gasteiger partial charge in [-0.3, -0.25) is 0 Å². The molecule has 0 saturated heterocycles. The van der Waals surface area contributed by atoms with Crippen LogP contribution in [0.5, 0.6) is 0 Å². The highest BCUT2D eigenvalue weighted by Crippen LogP contribution is 2.22. The fraction of sp³-hybridized carbons (Fsp3) is 0.500. The molecule has 0 spiro atoms. The largest absolute Gasteiger partial charge is 0.612 e. The van der Waals surface area contributed by atoms with Gasteiger partial charge < -0.3 is 4.55 Å². The molecule has 0 amide bonds. The third-order valence-electron chi connectivity index (χ3n) is 1.49. The van der Waals surface area contributed by atoms with Crippen LogP contribution in [0.15, 0.2) is 16.3 Å². The average Bonchev–Trinajstić information content (AvgIpc) is 2.36. The Morgan fingerprint density at radius 1 is 1.64 bits per heavy atom. The van der Waals surface area contributed by atoms with E-state index in [0.29, 0.717) is 0 Å². The zero-order valence-corrected chi connectivity index (χ0v) is 8.43. The predicted octanol–water partition coefficient (Wildman–Crippen LogP) is 2.44. The molecule has 0 fully saturated rings. The van der Waals surface area contributed by atoms with Gasteiger partial charge in [-0.1, -0.05) is 13.3 Å². The quantitative estimate of drug-likeness (QED) is 0.668. The summed E-state index contributed by atoms with van der Waals surface area (Å²) in [6.45, 7) is 2.14. The second-order valence-corrected chi connectivity index (χ2v) is 4.76. The normalized spacial score (nSPS) is 13.4. The van der Waals surface area contributed by atoms with Crippen molar-refractivity contribution in [2.24, 2.45) is 0 Å². The fourth-order valence-electron chi connectivity index (χ4n) is 0.994. The highest BCUT2D eigenvalue weighted by atomic mass is 32.2. The van der Waals surface area contributed by atoms with Crippen molar-refractivity contribution in [2.75, 3.05) is 6.26 Å². The Morgan fingerprint density at radius 2 is 2.36 bits per heavy atom. The summed E-state index contributed by atoms with van der Waals surface area (Å²) in [7, 11) is 0. The molecule has 1 aromatic rings. The van der Waals surface area contributed by atoms with E-state index in [1.165, 1.54) is 4.88 Å². The topological polar surface area (TPSA) is 23.1 Å². The van der Waals surface area contributed by atoms with Crippen LogP contribution in [-0.4, -0.2) is 10.8 Å². The molecule has 0 aromatic carbocycles. The van der Waals surface area contributed by atoms with E-state index >= 15 is 0 Å². The molecular weight excluding hydrogens is 176 g/mol. The molecule has 0 unspecified atom stereocenters. The number of aryl methyl sites for hydroxylation is 1. The van der Waals surface area contributed by atoms with E-state index in [2.05, 4.69) is 6.92 Å². The Morgan fingerprint density at radius 3 is 2.91 bits per heavy atom. The first-order valence-corrected chi connectivity index (χ1v) is 6.09. The van der Waals surface area contributed by atoms with Gasteiger partial charge in [-0.25, -0.2) is 0 Å². The molecule has 0 aliphatic carbocycles. The lowest BCUT2D eigenvalue weighted by atomic mass is 10.3. The van der Waals surface area contributed by atoms with E-state index in [9.17, 15) is 4.55 Å². The first-order chi connectivity index (χ1) is 5.25. The van der Waals surface area contributed by atoms with Gasteiger partial charge in [0.25, 0.3) is 0 Å². The maximum Gasteiger partial charge on any atom is 0.166 e.